The molecule has 0 saturated heterocycles. The molecule has 0 bridgehead atoms. The first-order valence-corrected chi connectivity index (χ1v) is 6.32. The van der Waals surface area contributed by atoms with Gasteiger partial charge in [0.25, 0.3) is 0 Å². The van der Waals surface area contributed by atoms with Crippen molar-refractivity contribution >= 4 is 0 Å². The van der Waals surface area contributed by atoms with Crippen LogP contribution >= 0.6 is 0 Å². The van der Waals surface area contributed by atoms with Crippen LogP contribution in [-0.4, -0.2) is 18.8 Å². The van der Waals surface area contributed by atoms with Gasteiger partial charge in [-0.05, 0) is 44.4 Å². The molecule has 1 saturated carbocycles. The third kappa shape index (κ3) is 3.27. The number of nitrogens with one attached hydrogen (secondary N) is 1. The van der Waals surface area contributed by atoms with Gasteiger partial charge >= 0.3 is 0 Å². The lowest BCUT2D eigenvalue weighted by Gasteiger charge is -2.37. The molecule has 1 aromatic rings. The van der Waals surface area contributed by atoms with Gasteiger partial charge in [-0.2, -0.15) is 0 Å². The lowest BCUT2D eigenvalue weighted by atomic mass is 9.88. The Balaban J connectivity index is 1.80. The van der Waals surface area contributed by atoms with Gasteiger partial charge in [0.2, 0.25) is 0 Å². The standard InChI is InChI=1S/C14H20FNO/c1-3-17-14-8-13(9-14)16-10(2)11-5-4-6-12(15)7-11/h4-7,10,13-14,16H,3,8-9H2,1-2H3/t10-,13?,14?/m0/s1. The predicted octanol–water partition coefficient (Wildman–Crippen LogP) is 3.04. The lowest BCUT2D eigenvalue weighted by molar-refractivity contribution is -0.0120. The number of benzene rings is 1. The van der Waals surface area contributed by atoms with Gasteiger partial charge in [0.1, 0.15) is 5.82 Å². The van der Waals surface area contributed by atoms with Gasteiger partial charge in [-0.15, -0.1) is 0 Å². The highest BCUT2D eigenvalue weighted by Gasteiger charge is 2.30. The molecule has 1 N–H and O–H groups in total. The summed E-state index contributed by atoms with van der Waals surface area (Å²) in [6.45, 7) is 4.88. The Morgan fingerprint density at radius 1 is 1.47 bits per heavy atom. The summed E-state index contributed by atoms with van der Waals surface area (Å²) >= 11 is 0. The lowest BCUT2D eigenvalue weighted by Crippen LogP contribution is -2.46. The van der Waals surface area contributed by atoms with E-state index in [1.165, 1.54) is 6.07 Å². The zero-order valence-corrected chi connectivity index (χ0v) is 10.4. The average molecular weight is 237 g/mol. The number of rotatable bonds is 5. The molecule has 17 heavy (non-hydrogen) atoms. The van der Waals surface area contributed by atoms with Crippen LogP contribution in [0.15, 0.2) is 24.3 Å². The molecule has 0 aliphatic heterocycles. The zero-order valence-electron chi connectivity index (χ0n) is 10.4. The van der Waals surface area contributed by atoms with Crippen molar-refractivity contribution in [2.75, 3.05) is 6.61 Å². The van der Waals surface area contributed by atoms with E-state index in [9.17, 15) is 4.39 Å². The first-order valence-electron chi connectivity index (χ1n) is 6.32. The Bertz CT molecular complexity index is 363. The molecule has 1 atom stereocenters. The molecular formula is C14H20FNO. The molecule has 94 valence electrons. The Morgan fingerprint density at radius 2 is 2.24 bits per heavy atom. The zero-order chi connectivity index (χ0) is 12.3. The molecule has 3 heteroatoms. The maximum absolute atomic E-state index is 13.1. The second-order valence-corrected chi connectivity index (χ2v) is 4.69. The topological polar surface area (TPSA) is 21.3 Å². The molecule has 1 fully saturated rings. The SMILES string of the molecule is CCOC1CC(N[C@@H](C)c2cccc(F)c2)C1. The quantitative estimate of drug-likeness (QED) is 0.850. The summed E-state index contributed by atoms with van der Waals surface area (Å²) in [5.41, 5.74) is 1.00. The van der Waals surface area contributed by atoms with Crippen LogP contribution in [0.1, 0.15) is 38.3 Å². The Labute approximate surface area is 102 Å². The summed E-state index contributed by atoms with van der Waals surface area (Å²) < 4.78 is 18.6. The maximum Gasteiger partial charge on any atom is 0.123 e. The normalized spacial score (nSPS) is 25.4. The second kappa shape index (κ2) is 5.61. The van der Waals surface area contributed by atoms with Crippen LogP contribution in [0.3, 0.4) is 0 Å². The minimum Gasteiger partial charge on any atom is -0.378 e. The molecule has 0 aromatic heterocycles. The fourth-order valence-corrected chi connectivity index (χ4v) is 2.30. The van der Waals surface area contributed by atoms with Crippen molar-refractivity contribution in [1.29, 1.82) is 0 Å². The number of ether oxygens (including phenoxy) is 1. The van der Waals surface area contributed by atoms with Crippen LogP contribution in [-0.2, 0) is 4.74 Å². The highest BCUT2D eigenvalue weighted by atomic mass is 19.1. The average Bonchev–Trinajstić information content (AvgIpc) is 2.26. The van der Waals surface area contributed by atoms with Gasteiger partial charge in [0.05, 0.1) is 6.10 Å². The Hall–Kier alpha value is -0.930. The van der Waals surface area contributed by atoms with E-state index in [2.05, 4.69) is 12.2 Å². The van der Waals surface area contributed by atoms with Gasteiger partial charge in [-0.25, -0.2) is 4.39 Å². The van der Waals surface area contributed by atoms with Crippen molar-refractivity contribution < 1.29 is 9.13 Å². The highest BCUT2D eigenvalue weighted by molar-refractivity contribution is 5.19. The second-order valence-electron chi connectivity index (χ2n) is 4.69. The highest BCUT2D eigenvalue weighted by Crippen LogP contribution is 2.26. The van der Waals surface area contributed by atoms with Crippen LogP contribution in [0.5, 0.6) is 0 Å². The van der Waals surface area contributed by atoms with Crippen LogP contribution in [0.2, 0.25) is 0 Å². The predicted molar refractivity (Wildman–Crippen MR) is 66.4 cm³/mol. The summed E-state index contributed by atoms with van der Waals surface area (Å²) in [7, 11) is 0. The largest absolute Gasteiger partial charge is 0.378 e. The van der Waals surface area contributed by atoms with Crippen molar-refractivity contribution in [3.05, 3.63) is 35.6 Å². The number of hydrogen-bond donors (Lipinski definition) is 1. The van der Waals surface area contributed by atoms with Crippen molar-refractivity contribution in [3.8, 4) is 0 Å². The van der Waals surface area contributed by atoms with E-state index in [1.54, 1.807) is 12.1 Å². The maximum atomic E-state index is 13.1. The third-order valence-electron chi connectivity index (χ3n) is 3.33. The van der Waals surface area contributed by atoms with Crippen molar-refractivity contribution in [2.24, 2.45) is 0 Å². The fraction of sp³-hybridized carbons (Fsp3) is 0.571. The van der Waals surface area contributed by atoms with Gasteiger partial charge in [-0.1, -0.05) is 12.1 Å². The monoisotopic (exact) mass is 237 g/mol. The van der Waals surface area contributed by atoms with Gasteiger partial charge < -0.3 is 10.1 Å². The summed E-state index contributed by atoms with van der Waals surface area (Å²) in [6.07, 6.45) is 2.54. The molecule has 2 nitrogen and oxygen atoms in total. The van der Waals surface area contributed by atoms with Crippen molar-refractivity contribution in [1.82, 2.24) is 5.32 Å². The van der Waals surface area contributed by atoms with E-state index in [-0.39, 0.29) is 11.9 Å². The van der Waals surface area contributed by atoms with E-state index in [0.29, 0.717) is 12.1 Å². The first-order chi connectivity index (χ1) is 8.19. The van der Waals surface area contributed by atoms with Crippen LogP contribution in [0, 0.1) is 5.82 Å². The van der Waals surface area contributed by atoms with E-state index in [4.69, 9.17) is 4.74 Å². The Morgan fingerprint density at radius 3 is 2.88 bits per heavy atom. The molecule has 0 heterocycles. The number of hydrogen-bond acceptors (Lipinski definition) is 2. The van der Waals surface area contributed by atoms with Gasteiger partial charge in [0.15, 0.2) is 0 Å². The van der Waals surface area contributed by atoms with E-state index < -0.39 is 0 Å². The molecule has 0 radical (unpaired) electrons. The van der Waals surface area contributed by atoms with Crippen LogP contribution in [0.4, 0.5) is 4.39 Å². The summed E-state index contributed by atoms with van der Waals surface area (Å²) in [5.74, 6) is -0.169. The van der Waals surface area contributed by atoms with E-state index >= 15 is 0 Å². The summed E-state index contributed by atoms with van der Waals surface area (Å²) in [5, 5.41) is 3.50. The van der Waals surface area contributed by atoms with Crippen LogP contribution in [0.25, 0.3) is 0 Å². The molecule has 0 amide bonds. The Kier molecular flexibility index (Phi) is 4.13. The molecule has 2 rings (SSSR count). The minimum absolute atomic E-state index is 0.169. The fourth-order valence-electron chi connectivity index (χ4n) is 2.30. The first kappa shape index (κ1) is 12.5. The third-order valence-corrected chi connectivity index (χ3v) is 3.33. The molecule has 1 aliphatic carbocycles. The molecular weight excluding hydrogens is 217 g/mol. The minimum atomic E-state index is -0.169. The molecule has 1 aliphatic rings. The molecule has 1 aromatic carbocycles. The van der Waals surface area contributed by atoms with Gasteiger partial charge in [0, 0.05) is 18.7 Å². The molecule has 0 spiro atoms. The molecule has 0 unspecified atom stereocenters. The van der Waals surface area contributed by atoms with Crippen molar-refractivity contribution in [3.63, 3.8) is 0 Å². The van der Waals surface area contributed by atoms with Crippen LogP contribution < -0.4 is 5.32 Å². The summed E-state index contributed by atoms with van der Waals surface area (Å²) in [6, 6.07) is 7.48. The smallest absolute Gasteiger partial charge is 0.123 e. The summed E-state index contributed by atoms with van der Waals surface area (Å²) in [4.78, 5) is 0. The number of halogens is 1. The van der Waals surface area contributed by atoms with Crippen molar-refractivity contribution in [2.45, 2.75) is 44.9 Å². The van der Waals surface area contributed by atoms with E-state index in [0.717, 1.165) is 25.0 Å². The van der Waals surface area contributed by atoms with E-state index in [1.807, 2.05) is 13.0 Å². The van der Waals surface area contributed by atoms with Gasteiger partial charge in [-0.3, -0.25) is 0 Å².